The zero-order valence-corrected chi connectivity index (χ0v) is 10.8. The van der Waals surface area contributed by atoms with Gasteiger partial charge in [0.25, 0.3) is 0 Å². The van der Waals surface area contributed by atoms with E-state index in [2.05, 4.69) is 9.97 Å². The van der Waals surface area contributed by atoms with E-state index in [1.807, 2.05) is 6.26 Å². The molecular weight excluding hydrogens is 275 g/mol. The fraction of sp³-hybridized carbons (Fsp3) is 0.556. The quantitative estimate of drug-likeness (QED) is 0.796. The van der Waals surface area contributed by atoms with Crippen molar-refractivity contribution in [2.24, 2.45) is 0 Å². The molecule has 1 rings (SSSR count). The van der Waals surface area contributed by atoms with Crippen LogP contribution in [-0.2, 0) is 6.18 Å². The van der Waals surface area contributed by atoms with Crippen molar-refractivity contribution >= 4 is 29.2 Å². The van der Waals surface area contributed by atoms with E-state index in [9.17, 15) is 13.2 Å². The molecule has 0 saturated carbocycles. The van der Waals surface area contributed by atoms with Crippen LogP contribution in [0.2, 0.25) is 5.15 Å². The maximum Gasteiger partial charge on any atom is 0.451 e. The first-order valence-electron chi connectivity index (χ1n) is 4.66. The van der Waals surface area contributed by atoms with E-state index in [1.165, 1.54) is 6.07 Å². The first-order chi connectivity index (χ1) is 7.84. The average Bonchev–Trinajstić information content (AvgIpc) is 2.23. The molecule has 1 heterocycles. The number of hydrogen-bond donors (Lipinski definition) is 0. The summed E-state index contributed by atoms with van der Waals surface area (Å²) in [5, 5.41) is -0.210. The van der Waals surface area contributed by atoms with Gasteiger partial charge in [-0.1, -0.05) is 11.6 Å². The Hall–Kier alpha value is -0.690. The summed E-state index contributed by atoms with van der Waals surface area (Å²) >= 11 is 7.15. The number of thioether (sulfide) groups is 1. The van der Waals surface area contributed by atoms with Crippen molar-refractivity contribution in [3.05, 3.63) is 17.0 Å². The van der Waals surface area contributed by atoms with Gasteiger partial charge in [0.05, 0.1) is 0 Å². The molecule has 1 aromatic heterocycles. The highest BCUT2D eigenvalue weighted by atomic mass is 35.5. The molecule has 0 fully saturated rings. The van der Waals surface area contributed by atoms with Gasteiger partial charge in [0, 0.05) is 25.4 Å². The van der Waals surface area contributed by atoms with Crippen LogP contribution in [0.4, 0.5) is 19.0 Å². The summed E-state index contributed by atoms with van der Waals surface area (Å²) in [4.78, 5) is 8.23. The van der Waals surface area contributed by atoms with Crippen molar-refractivity contribution in [1.29, 1.82) is 0 Å². The summed E-state index contributed by atoms with van der Waals surface area (Å²) in [6, 6.07) is 1.32. The third-order valence-corrected chi connectivity index (χ3v) is 2.74. The zero-order valence-electron chi connectivity index (χ0n) is 9.25. The molecule has 1 aromatic rings. The molecule has 0 amide bonds. The molecule has 0 aliphatic heterocycles. The van der Waals surface area contributed by atoms with Crippen LogP contribution in [-0.4, -0.2) is 35.6 Å². The molecule has 0 aliphatic carbocycles. The second kappa shape index (κ2) is 5.77. The topological polar surface area (TPSA) is 29.0 Å². The van der Waals surface area contributed by atoms with E-state index in [0.717, 1.165) is 5.75 Å². The fourth-order valence-electron chi connectivity index (χ4n) is 1.07. The molecule has 96 valence electrons. The van der Waals surface area contributed by atoms with Crippen LogP contribution >= 0.6 is 23.4 Å². The predicted molar refractivity (Wildman–Crippen MR) is 63.7 cm³/mol. The van der Waals surface area contributed by atoms with E-state index in [1.54, 1.807) is 23.7 Å². The van der Waals surface area contributed by atoms with Crippen molar-refractivity contribution in [2.45, 2.75) is 6.18 Å². The normalized spacial score (nSPS) is 11.6. The van der Waals surface area contributed by atoms with Crippen LogP contribution in [0, 0.1) is 0 Å². The lowest BCUT2D eigenvalue weighted by molar-refractivity contribution is -0.144. The number of alkyl halides is 3. The Bertz CT molecular complexity index is 386. The van der Waals surface area contributed by atoms with E-state index in [0.29, 0.717) is 6.54 Å². The molecule has 0 aromatic carbocycles. The Morgan fingerprint density at radius 1 is 1.41 bits per heavy atom. The number of rotatable bonds is 4. The molecule has 0 unspecified atom stereocenters. The van der Waals surface area contributed by atoms with Crippen LogP contribution in [0.15, 0.2) is 6.07 Å². The van der Waals surface area contributed by atoms with Gasteiger partial charge in [0.15, 0.2) is 0 Å². The predicted octanol–water partition coefficient (Wildman–Crippen LogP) is 2.95. The van der Waals surface area contributed by atoms with Crippen molar-refractivity contribution in [2.75, 3.05) is 30.5 Å². The third kappa shape index (κ3) is 4.23. The molecule has 17 heavy (non-hydrogen) atoms. The third-order valence-electron chi connectivity index (χ3n) is 1.96. The van der Waals surface area contributed by atoms with Gasteiger partial charge in [-0.2, -0.15) is 24.9 Å². The highest BCUT2D eigenvalue weighted by molar-refractivity contribution is 7.98. The molecule has 0 bridgehead atoms. The monoisotopic (exact) mass is 285 g/mol. The van der Waals surface area contributed by atoms with Crippen molar-refractivity contribution in [1.82, 2.24) is 9.97 Å². The highest BCUT2D eigenvalue weighted by Crippen LogP contribution is 2.28. The second-order valence-electron chi connectivity index (χ2n) is 3.28. The average molecular weight is 286 g/mol. The van der Waals surface area contributed by atoms with Gasteiger partial charge in [-0.3, -0.25) is 0 Å². The largest absolute Gasteiger partial charge is 0.451 e. The molecule has 0 atom stereocenters. The maximum atomic E-state index is 12.5. The minimum atomic E-state index is -4.58. The maximum absolute atomic E-state index is 12.5. The standard InChI is InChI=1S/C9H11ClF3N3S/c1-16(3-4-17-2)7-5-6(10)14-8(15-7)9(11,12)13/h5H,3-4H2,1-2H3. The lowest BCUT2D eigenvalue weighted by atomic mass is 10.4. The number of aromatic nitrogens is 2. The molecule has 0 aliphatic rings. The lowest BCUT2D eigenvalue weighted by Gasteiger charge is -2.18. The van der Waals surface area contributed by atoms with Gasteiger partial charge in [-0.15, -0.1) is 0 Å². The Labute approximate surface area is 106 Å². The zero-order chi connectivity index (χ0) is 13.1. The molecule has 0 radical (unpaired) electrons. The SMILES string of the molecule is CSCCN(C)c1cc(Cl)nc(C(F)(F)F)n1. The number of nitrogens with zero attached hydrogens (tertiary/aromatic N) is 3. The number of anilines is 1. The van der Waals surface area contributed by atoms with Gasteiger partial charge < -0.3 is 4.90 Å². The summed E-state index contributed by atoms with van der Waals surface area (Å²) in [6.45, 7) is 0.589. The summed E-state index contributed by atoms with van der Waals surface area (Å²) in [5.74, 6) is -0.248. The van der Waals surface area contributed by atoms with Crippen molar-refractivity contribution in [3.8, 4) is 0 Å². The first-order valence-corrected chi connectivity index (χ1v) is 6.43. The van der Waals surface area contributed by atoms with Crippen molar-refractivity contribution in [3.63, 3.8) is 0 Å². The van der Waals surface area contributed by atoms with Crippen LogP contribution < -0.4 is 4.90 Å². The molecule has 0 saturated heterocycles. The highest BCUT2D eigenvalue weighted by Gasteiger charge is 2.35. The minimum absolute atomic E-state index is 0.173. The van der Waals surface area contributed by atoms with E-state index < -0.39 is 12.0 Å². The molecule has 0 spiro atoms. The van der Waals surface area contributed by atoms with Crippen molar-refractivity contribution < 1.29 is 13.2 Å². The van der Waals surface area contributed by atoms with Gasteiger partial charge in [-0.25, -0.2) is 9.97 Å². The lowest BCUT2D eigenvalue weighted by Crippen LogP contribution is -2.23. The molecule has 8 heteroatoms. The Balaban J connectivity index is 2.97. The summed E-state index contributed by atoms with van der Waals surface area (Å²) in [6.07, 6.45) is -2.66. The van der Waals surface area contributed by atoms with Crippen LogP contribution in [0.3, 0.4) is 0 Å². The van der Waals surface area contributed by atoms with E-state index >= 15 is 0 Å². The number of halogens is 4. The molecule has 0 N–H and O–H groups in total. The molecule has 3 nitrogen and oxygen atoms in total. The number of hydrogen-bond acceptors (Lipinski definition) is 4. The summed E-state index contributed by atoms with van der Waals surface area (Å²) in [7, 11) is 1.66. The minimum Gasteiger partial charge on any atom is -0.359 e. The van der Waals surface area contributed by atoms with Crippen LogP contribution in [0.25, 0.3) is 0 Å². The van der Waals surface area contributed by atoms with Crippen LogP contribution in [0.1, 0.15) is 5.82 Å². The van der Waals surface area contributed by atoms with Gasteiger partial charge in [0.1, 0.15) is 11.0 Å². The summed E-state index contributed by atoms with van der Waals surface area (Å²) in [5.41, 5.74) is 0. The smallest absolute Gasteiger partial charge is 0.359 e. The first kappa shape index (κ1) is 14.4. The van der Waals surface area contributed by atoms with E-state index in [-0.39, 0.29) is 11.0 Å². The molecular formula is C9H11ClF3N3S. The second-order valence-corrected chi connectivity index (χ2v) is 4.66. The fourth-order valence-corrected chi connectivity index (χ4v) is 1.70. The van der Waals surface area contributed by atoms with Crippen LogP contribution in [0.5, 0.6) is 0 Å². The Morgan fingerprint density at radius 3 is 2.59 bits per heavy atom. The van der Waals surface area contributed by atoms with Gasteiger partial charge >= 0.3 is 6.18 Å². The van der Waals surface area contributed by atoms with E-state index in [4.69, 9.17) is 11.6 Å². The Kier molecular flexibility index (Phi) is 4.88. The van der Waals surface area contributed by atoms with Gasteiger partial charge in [0.2, 0.25) is 5.82 Å². The summed E-state index contributed by atoms with van der Waals surface area (Å²) < 4.78 is 37.4. The van der Waals surface area contributed by atoms with Gasteiger partial charge in [-0.05, 0) is 6.26 Å². The Morgan fingerprint density at radius 2 is 2.06 bits per heavy atom.